The molecule has 0 radical (unpaired) electrons. The van der Waals surface area contributed by atoms with Crippen LogP contribution in [-0.4, -0.2) is 39.1 Å². The fourth-order valence-corrected chi connectivity index (χ4v) is 3.69. The van der Waals surface area contributed by atoms with Crippen LogP contribution in [0.3, 0.4) is 0 Å². The smallest absolute Gasteiger partial charge is 0.0945 e. The Kier molecular flexibility index (Phi) is 4.67. The molecule has 6 heteroatoms. The zero-order chi connectivity index (χ0) is 14.7. The standard InChI is InChI=1S/C15H23N5S/c1-12-15(21-11-18-12)9-20(7-13-3-4-16-5-13)8-14-6-17-10-19(14)2/h6,10-11,13,16H,3-5,7-9H2,1-2H3. The first-order valence-electron chi connectivity index (χ1n) is 7.49. The van der Waals surface area contributed by atoms with Crippen molar-refractivity contribution >= 4 is 11.3 Å². The lowest BCUT2D eigenvalue weighted by Gasteiger charge is -2.25. The molecule has 2 aromatic heterocycles. The van der Waals surface area contributed by atoms with Gasteiger partial charge < -0.3 is 9.88 Å². The molecule has 1 unspecified atom stereocenters. The van der Waals surface area contributed by atoms with Gasteiger partial charge in [0.15, 0.2) is 0 Å². The minimum atomic E-state index is 0.756. The zero-order valence-electron chi connectivity index (χ0n) is 12.7. The third kappa shape index (κ3) is 3.70. The number of aromatic nitrogens is 3. The van der Waals surface area contributed by atoms with Crippen molar-refractivity contribution in [1.82, 2.24) is 24.8 Å². The summed E-state index contributed by atoms with van der Waals surface area (Å²) in [4.78, 5) is 12.5. The summed E-state index contributed by atoms with van der Waals surface area (Å²) in [7, 11) is 2.07. The highest BCUT2D eigenvalue weighted by atomic mass is 32.1. The van der Waals surface area contributed by atoms with E-state index in [1.807, 2.05) is 18.0 Å². The van der Waals surface area contributed by atoms with Crippen LogP contribution >= 0.6 is 11.3 Å². The van der Waals surface area contributed by atoms with Crippen LogP contribution in [0.2, 0.25) is 0 Å². The number of rotatable bonds is 6. The van der Waals surface area contributed by atoms with E-state index < -0.39 is 0 Å². The molecular formula is C15H23N5S. The molecule has 0 saturated carbocycles. The summed E-state index contributed by atoms with van der Waals surface area (Å²) in [5.74, 6) is 0.756. The number of imidazole rings is 1. The predicted molar refractivity (Wildman–Crippen MR) is 85.1 cm³/mol. The molecule has 0 bridgehead atoms. The highest BCUT2D eigenvalue weighted by molar-refractivity contribution is 7.09. The number of aryl methyl sites for hydroxylation is 2. The quantitative estimate of drug-likeness (QED) is 0.884. The molecule has 1 fully saturated rings. The van der Waals surface area contributed by atoms with Gasteiger partial charge in [0.1, 0.15) is 0 Å². The molecule has 0 aliphatic carbocycles. The van der Waals surface area contributed by atoms with E-state index in [-0.39, 0.29) is 0 Å². The lowest BCUT2D eigenvalue weighted by atomic mass is 10.1. The van der Waals surface area contributed by atoms with Crippen molar-refractivity contribution in [3.8, 4) is 0 Å². The normalized spacial score (nSPS) is 18.7. The summed E-state index contributed by atoms with van der Waals surface area (Å²) in [6, 6.07) is 0. The molecular weight excluding hydrogens is 282 g/mol. The van der Waals surface area contributed by atoms with Gasteiger partial charge >= 0.3 is 0 Å². The van der Waals surface area contributed by atoms with E-state index in [1.54, 1.807) is 11.3 Å². The molecule has 2 aromatic rings. The van der Waals surface area contributed by atoms with Crippen LogP contribution < -0.4 is 5.32 Å². The minimum Gasteiger partial charge on any atom is -0.337 e. The first-order valence-corrected chi connectivity index (χ1v) is 8.37. The van der Waals surface area contributed by atoms with Crippen LogP contribution in [0.15, 0.2) is 18.0 Å². The lowest BCUT2D eigenvalue weighted by Crippen LogP contribution is -2.30. The van der Waals surface area contributed by atoms with Crippen molar-refractivity contribution in [3.63, 3.8) is 0 Å². The third-order valence-electron chi connectivity index (χ3n) is 4.19. The van der Waals surface area contributed by atoms with Crippen LogP contribution in [0.5, 0.6) is 0 Å². The number of nitrogens with one attached hydrogen (secondary N) is 1. The summed E-state index contributed by atoms with van der Waals surface area (Å²) < 4.78 is 2.11. The van der Waals surface area contributed by atoms with Gasteiger partial charge in [-0.3, -0.25) is 4.90 Å². The van der Waals surface area contributed by atoms with Gasteiger partial charge in [-0.1, -0.05) is 0 Å². The Morgan fingerprint density at radius 1 is 1.48 bits per heavy atom. The highest BCUT2D eigenvalue weighted by Crippen LogP contribution is 2.19. The van der Waals surface area contributed by atoms with Crippen molar-refractivity contribution in [1.29, 1.82) is 0 Å². The predicted octanol–water partition coefficient (Wildman–Crippen LogP) is 1.80. The Labute approximate surface area is 130 Å². The molecule has 0 aromatic carbocycles. The second-order valence-corrected chi connectivity index (χ2v) is 6.82. The number of hydrogen-bond donors (Lipinski definition) is 1. The maximum Gasteiger partial charge on any atom is 0.0945 e. The molecule has 21 heavy (non-hydrogen) atoms. The van der Waals surface area contributed by atoms with Gasteiger partial charge in [-0.15, -0.1) is 11.3 Å². The van der Waals surface area contributed by atoms with Crippen molar-refractivity contribution < 1.29 is 0 Å². The van der Waals surface area contributed by atoms with Gasteiger partial charge in [0.2, 0.25) is 0 Å². The zero-order valence-corrected chi connectivity index (χ0v) is 13.6. The molecule has 3 heterocycles. The monoisotopic (exact) mass is 305 g/mol. The Bertz CT molecular complexity index is 528. The lowest BCUT2D eigenvalue weighted by molar-refractivity contribution is 0.217. The second kappa shape index (κ2) is 6.68. The van der Waals surface area contributed by atoms with Gasteiger partial charge in [0, 0.05) is 37.8 Å². The first-order chi connectivity index (χ1) is 10.2. The Hall–Kier alpha value is -1.24. The van der Waals surface area contributed by atoms with E-state index in [1.165, 1.54) is 22.7 Å². The van der Waals surface area contributed by atoms with Crippen LogP contribution in [0.25, 0.3) is 0 Å². The molecule has 0 spiro atoms. The summed E-state index contributed by atoms with van der Waals surface area (Å²) in [5, 5.41) is 3.46. The second-order valence-electron chi connectivity index (χ2n) is 5.89. The maximum absolute atomic E-state index is 4.38. The van der Waals surface area contributed by atoms with Crippen molar-refractivity contribution in [2.45, 2.75) is 26.4 Å². The number of thiazole rings is 1. The highest BCUT2D eigenvalue weighted by Gasteiger charge is 2.20. The van der Waals surface area contributed by atoms with Crippen molar-refractivity contribution in [2.24, 2.45) is 13.0 Å². The Balaban J connectivity index is 1.70. The van der Waals surface area contributed by atoms with Crippen LogP contribution in [-0.2, 0) is 20.1 Å². The maximum atomic E-state index is 4.38. The largest absolute Gasteiger partial charge is 0.337 e. The Morgan fingerprint density at radius 2 is 2.38 bits per heavy atom. The number of nitrogens with zero attached hydrogens (tertiary/aromatic N) is 4. The fourth-order valence-electron chi connectivity index (χ4n) is 2.87. The van der Waals surface area contributed by atoms with E-state index in [2.05, 4.69) is 38.7 Å². The Morgan fingerprint density at radius 3 is 3.00 bits per heavy atom. The van der Waals surface area contributed by atoms with Crippen LogP contribution in [0.4, 0.5) is 0 Å². The molecule has 1 aliphatic heterocycles. The van der Waals surface area contributed by atoms with E-state index in [0.717, 1.165) is 38.6 Å². The van der Waals surface area contributed by atoms with Crippen molar-refractivity contribution in [3.05, 3.63) is 34.3 Å². The summed E-state index contributed by atoms with van der Waals surface area (Å²) in [6.07, 6.45) is 5.13. The average Bonchev–Trinajstić information content (AvgIpc) is 3.17. The molecule has 0 amide bonds. The SMILES string of the molecule is Cc1ncsc1CN(Cc1cncn1C)CC1CCNC1. The van der Waals surface area contributed by atoms with E-state index in [9.17, 15) is 0 Å². The van der Waals surface area contributed by atoms with Crippen molar-refractivity contribution in [2.75, 3.05) is 19.6 Å². The average molecular weight is 305 g/mol. The van der Waals surface area contributed by atoms with E-state index in [4.69, 9.17) is 0 Å². The topological polar surface area (TPSA) is 46.0 Å². The molecule has 3 rings (SSSR count). The van der Waals surface area contributed by atoms with E-state index >= 15 is 0 Å². The third-order valence-corrected chi connectivity index (χ3v) is 5.11. The van der Waals surface area contributed by atoms with Gasteiger partial charge in [0.05, 0.1) is 23.2 Å². The van der Waals surface area contributed by atoms with Gasteiger partial charge in [-0.2, -0.15) is 0 Å². The van der Waals surface area contributed by atoms with E-state index in [0.29, 0.717) is 0 Å². The van der Waals surface area contributed by atoms with Gasteiger partial charge in [0.25, 0.3) is 0 Å². The van der Waals surface area contributed by atoms with Gasteiger partial charge in [-0.05, 0) is 32.4 Å². The molecule has 114 valence electrons. The minimum absolute atomic E-state index is 0.756. The summed E-state index contributed by atoms with van der Waals surface area (Å²) in [6.45, 7) is 7.47. The molecule has 1 saturated heterocycles. The summed E-state index contributed by atoms with van der Waals surface area (Å²) in [5.41, 5.74) is 4.38. The summed E-state index contributed by atoms with van der Waals surface area (Å²) >= 11 is 1.76. The number of hydrogen-bond acceptors (Lipinski definition) is 5. The van der Waals surface area contributed by atoms with Gasteiger partial charge in [-0.25, -0.2) is 9.97 Å². The molecule has 5 nitrogen and oxygen atoms in total. The van der Waals surface area contributed by atoms with Crippen LogP contribution in [0.1, 0.15) is 22.7 Å². The molecule has 1 N–H and O–H groups in total. The molecule has 1 atom stereocenters. The first kappa shape index (κ1) is 14.7. The van der Waals surface area contributed by atoms with Crippen LogP contribution in [0, 0.1) is 12.8 Å². The fraction of sp³-hybridized carbons (Fsp3) is 0.600. The molecule has 1 aliphatic rings.